The van der Waals surface area contributed by atoms with Crippen molar-refractivity contribution in [3.05, 3.63) is 0 Å². The van der Waals surface area contributed by atoms with Gasteiger partial charge in [0.15, 0.2) is 0 Å². The van der Waals surface area contributed by atoms with E-state index < -0.39 is 13.6 Å². The molecule has 0 rings (SSSR count). The van der Waals surface area contributed by atoms with Gasteiger partial charge in [-0.3, -0.25) is 0 Å². The number of nitriles is 2. The number of rotatable bonds is 8. The summed E-state index contributed by atoms with van der Waals surface area (Å²) in [6, 6.07) is 3.80. The lowest BCUT2D eigenvalue weighted by atomic mass is 9.89. The highest BCUT2D eigenvalue weighted by atomic mass is 31.2. The fraction of sp³-hybridized carbons (Fsp3) is 0.833. The first-order chi connectivity index (χ1) is 8.69. The Labute approximate surface area is 115 Å². The molecule has 0 aliphatic carbocycles. The summed E-state index contributed by atoms with van der Waals surface area (Å²) in [5.74, 6) is 0. The maximum Gasteiger partial charge on any atom is 0.497 e. The number of hydrogen-bond donors (Lipinski definition) is 3. The van der Waals surface area contributed by atoms with E-state index in [9.17, 15) is 14.7 Å². The molecule has 0 heterocycles. The summed E-state index contributed by atoms with van der Waals surface area (Å²) in [6.07, 6.45) is 2.14. The summed E-state index contributed by atoms with van der Waals surface area (Å²) in [5.41, 5.74) is -0.716. The average molecular weight is 288 g/mol. The Morgan fingerprint density at radius 2 is 1.63 bits per heavy atom. The Hall–Kier alpha value is -0.750. The lowest BCUT2D eigenvalue weighted by molar-refractivity contribution is 0.0893. The molecule has 0 radical (unpaired) electrons. The zero-order valence-corrected chi connectivity index (χ0v) is 12.6. The van der Waals surface area contributed by atoms with Crippen molar-refractivity contribution in [1.82, 2.24) is 4.67 Å². The fourth-order valence-corrected chi connectivity index (χ4v) is 3.95. The van der Waals surface area contributed by atoms with E-state index >= 15 is 0 Å². The van der Waals surface area contributed by atoms with Crippen molar-refractivity contribution < 1.29 is 14.7 Å². The maximum atomic E-state index is 9.64. The van der Waals surface area contributed by atoms with Gasteiger partial charge < -0.3 is 0 Å². The Morgan fingerprint density at radius 1 is 1.11 bits per heavy atom. The average Bonchev–Trinajstić information content (AvgIpc) is 2.24. The second kappa shape index (κ2) is 7.75. The predicted molar refractivity (Wildman–Crippen MR) is 73.3 cm³/mol. The molecular weight excluding hydrogens is 265 g/mol. The van der Waals surface area contributed by atoms with Crippen LogP contribution in [0.25, 0.3) is 0 Å². The zero-order chi connectivity index (χ0) is 15.1. The van der Waals surface area contributed by atoms with E-state index in [-0.39, 0.29) is 12.5 Å². The van der Waals surface area contributed by atoms with Crippen molar-refractivity contribution in [2.45, 2.75) is 64.5 Å². The molecule has 0 amide bonds. The van der Waals surface area contributed by atoms with Gasteiger partial charge in [0.25, 0.3) is 0 Å². The van der Waals surface area contributed by atoms with Crippen molar-refractivity contribution in [3.8, 4) is 12.1 Å². The van der Waals surface area contributed by atoms with Crippen LogP contribution in [0.2, 0.25) is 0 Å². The SMILES string of the molecule is CC(C)N(C(C)(CCC#N)CCCC#N)[P+](O)(O)O. The molecule has 7 heteroatoms. The minimum absolute atomic E-state index is 0.256. The van der Waals surface area contributed by atoms with Crippen LogP contribution in [-0.2, 0) is 0 Å². The van der Waals surface area contributed by atoms with E-state index in [0.717, 1.165) is 0 Å². The smallest absolute Gasteiger partial charge is 0.198 e. The van der Waals surface area contributed by atoms with Crippen LogP contribution in [0.1, 0.15) is 52.9 Å². The molecule has 3 N–H and O–H groups in total. The normalized spacial score (nSPS) is 15.1. The molecule has 0 saturated heterocycles. The van der Waals surface area contributed by atoms with Crippen molar-refractivity contribution in [2.24, 2.45) is 0 Å². The van der Waals surface area contributed by atoms with Gasteiger partial charge in [0.2, 0.25) is 0 Å². The number of hydrogen-bond acceptors (Lipinski definition) is 6. The third kappa shape index (κ3) is 5.82. The van der Waals surface area contributed by atoms with Crippen LogP contribution in [0.5, 0.6) is 0 Å². The van der Waals surface area contributed by atoms with Crippen LogP contribution in [0.3, 0.4) is 0 Å². The molecule has 0 aliphatic heterocycles. The van der Waals surface area contributed by atoms with E-state index in [1.54, 1.807) is 20.8 Å². The summed E-state index contributed by atoms with van der Waals surface area (Å²) in [4.78, 5) is 28.9. The Morgan fingerprint density at radius 3 is 2.00 bits per heavy atom. The minimum Gasteiger partial charge on any atom is -0.198 e. The Kier molecular flexibility index (Phi) is 7.44. The fourth-order valence-electron chi connectivity index (χ4n) is 2.48. The first kappa shape index (κ1) is 18.2. The predicted octanol–water partition coefficient (Wildman–Crippen LogP) is 2.11. The summed E-state index contributed by atoms with van der Waals surface area (Å²) >= 11 is 0. The van der Waals surface area contributed by atoms with Gasteiger partial charge in [0.1, 0.15) is 0 Å². The second-order valence-corrected chi connectivity index (χ2v) is 6.65. The maximum absolute atomic E-state index is 9.64. The largest absolute Gasteiger partial charge is 0.497 e. The number of nitrogens with zero attached hydrogens (tertiary/aromatic N) is 3. The highest BCUT2D eigenvalue weighted by Gasteiger charge is 2.52. The van der Waals surface area contributed by atoms with Crippen molar-refractivity contribution in [2.75, 3.05) is 0 Å². The van der Waals surface area contributed by atoms with Crippen LogP contribution >= 0.6 is 8.09 Å². The molecule has 0 saturated carbocycles. The van der Waals surface area contributed by atoms with Crippen LogP contribution in [0.4, 0.5) is 0 Å². The third-order valence-corrected chi connectivity index (χ3v) is 4.63. The van der Waals surface area contributed by atoms with E-state index in [1.165, 1.54) is 4.67 Å². The molecular formula is C12H23N3O3P+. The third-order valence-electron chi connectivity index (χ3n) is 3.11. The molecule has 0 fully saturated rings. The van der Waals surface area contributed by atoms with Crippen LogP contribution in [-0.4, -0.2) is 30.9 Å². The van der Waals surface area contributed by atoms with E-state index in [1.807, 2.05) is 12.1 Å². The van der Waals surface area contributed by atoms with Crippen LogP contribution in [0.15, 0.2) is 0 Å². The lowest BCUT2D eigenvalue weighted by Crippen LogP contribution is -2.49. The summed E-state index contributed by atoms with van der Waals surface area (Å²) in [6.45, 7) is 5.30. The van der Waals surface area contributed by atoms with Gasteiger partial charge in [0, 0.05) is 18.9 Å². The number of unbranched alkanes of at least 4 members (excludes halogenated alkanes) is 1. The highest BCUT2D eigenvalue weighted by molar-refractivity contribution is 7.56. The molecule has 1 unspecified atom stereocenters. The summed E-state index contributed by atoms with van der Waals surface area (Å²) < 4.78 is 1.29. The van der Waals surface area contributed by atoms with Crippen molar-refractivity contribution in [3.63, 3.8) is 0 Å². The Balaban J connectivity index is 5.17. The zero-order valence-electron chi connectivity index (χ0n) is 11.7. The molecule has 1 atom stereocenters. The van der Waals surface area contributed by atoms with Gasteiger partial charge in [-0.2, -0.15) is 25.2 Å². The highest BCUT2D eigenvalue weighted by Crippen LogP contribution is 2.56. The Bertz CT molecular complexity index is 357. The molecule has 19 heavy (non-hydrogen) atoms. The van der Waals surface area contributed by atoms with Gasteiger partial charge in [-0.15, -0.1) is 0 Å². The van der Waals surface area contributed by atoms with E-state index in [2.05, 4.69) is 0 Å². The van der Waals surface area contributed by atoms with Gasteiger partial charge in [-0.05, 0) is 40.0 Å². The molecule has 108 valence electrons. The van der Waals surface area contributed by atoms with E-state index in [4.69, 9.17) is 10.5 Å². The van der Waals surface area contributed by atoms with Gasteiger partial charge in [0.05, 0.1) is 17.7 Å². The molecule has 6 nitrogen and oxygen atoms in total. The standard InChI is InChI=1S/C12H23N3O3P/c1-11(2)15(19(16,17)18)12(3,8-6-10-14)7-4-5-9-13/h11,16-18H,4-8H2,1-3H3/q+1. The molecule has 0 aliphatic rings. The summed E-state index contributed by atoms with van der Waals surface area (Å²) in [7, 11) is -4.15. The first-order valence-electron chi connectivity index (χ1n) is 6.30. The van der Waals surface area contributed by atoms with Crippen molar-refractivity contribution >= 4 is 8.09 Å². The molecule has 0 bridgehead atoms. The van der Waals surface area contributed by atoms with E-state index in [0.29, 0.717) is 25.7 Å². The van der Waals surface area contributed by atoms with Gasteiger partial charge in [-0.1, -0.05) is 4.67 Å². The topological polar surface area (TPSA) is 112 Å². The molecule has 0 aromatic heterocycles. The monoisotopic (exact) mass is 288 g/mol. The molecule has 0 aromatic rings. The van der Waals surface area contributed by atoms with Crippen LogP contribution < -0.4 is 0 Å². The van der Waals surface area contributed by atoms with Gasteiger partial charge >= 0.3 is 8.09 Å². The quantitative estimate of drug-likeness (QED) is 0.466. The van der Waals surface area contributed by atoms with Gasteiger partial charge in [-0.25, -0.2) is 0 Å². The van der Waals surface area contributed by atoms with Crippen molar-refractivity contribution in [1.29, 1.82) is 10.5 Å². The molecule has 0 spiro atoms. The molecule has 0 aromatic carbocycles. The van der Waals surface area contributed by atoms with Crippen LogP contribution in [0, 0.1) is 22.7 Å². The summed E-state index contributed by atoms with van der Waals surface area (Å²) in [5, 5.41) is 17.3. The minimum atomic E-state index is -4.15. The first-order valence-corrected chi connectivity index (χ1v) is 7.90. The second-order valence-electron chi connectivity index (χ2n) is 5.14. The lowest BCUT2D eigenvalue weighted by Gasteiger charge is -2.40.